The molecule has 2 N–H and O–H groups in total. The highest BCUT2D eigenvalue weighted by molar-refractivity contribution is 4.88. The van der Waals surface area contributed by atoms with Crippen LogP contribution in [0, 0.1) is 5.41 Å². The van der Waals surface area contributed by atoms with Crippen molar-refractivity contribution in [3.05, 3.63) is 12.2 Å². The number of hydrogen-bond acceptors (Lipinski definition) is 2. The van der Waals surface area contributed by atoms with Gasteiger partial charge in [-0.15, -0.1) is 0 Å². The molecule has 0 saturated carbocycles. The van der Waals surface area contributed by atoms with Crippen molar-refractivity contribution in [1.82, 2.24) is 4.90 Å². The average molecular weight is 182 g/mol. The summed E-state index contributed by atoms with van der Waals surface area (Å²) in [6.07, 6.45) is 6.93. The van der Waals surface area contributed by atoms with Crippen LogP contribution in [0.3, 0.4) is 0 Å². The molecule has 1 aliphatic heterocycles. The second kappa shape index (κ2) is 4.77. The van der Waals surface area contributed by atoms with Gasteiger partial charge in [-0.25, -0.2) is 0 Å². The maximum atomic E-state index is 5.39. The molecular weight excluding hydrogens is 160 g/mol. The average Bonchev–Trinajstić information content (AvgIpc) is 2.03. The molecule has 2 heteroatoms. The van der Waals surface area contributed by atoms with Crippen molar-refractivity contribution in [2.24, 2.45) is 11.1 Å². The van der Waals surface area contributed by atoms with Crippen LogP contribution in [-0.4, -0.2) is 31.1 Å². The van der Waals surface area contributed by atoms with E-state index in [2.05, 4.69) is 24.8 Å². The van der Waals surface area contributed by atoms with Crippen LogP contribution >= 0.6 is 0 Å². The normalized spacial score (nSPS) is 23.9. The molecule has 0 spiro atoms. The summed E-state index contributed by atoms with van der Waals surface area (Å²) in [5.41, 5.74) is 5.90. The molecule has 0 atom stereocenters. The van der Waals surface area contributed by atoms with Gasteiger partial charge in [-0.3, -0.25) is 4.90 Å². The smallest absolute Gasteiger partial charge is 0.0163 e. The minimum atomic E-state index is 0.509. The fourth-order valence-electron chi connectivity index (χ4n) is 2.02. The first-order valence-corrected chi connectivity index (χ1v) is 5.21. The summed E-state index contributed by atoms with van der Waals surface area (Å²) >= 11 is 0. The Labute approximate surface area is 81.8 Å². The van der Waals surface area contributed by atoms with Crippen molar-refractivity contribution in [2.45, 2.75) is 26.7 Å². The van der Waals surface area contributed by atoms with E-state index >= 15 is 0 Å². The monoisotopic (exact) mass is 182 g/mol. The van der Waals surface area contributed by atoms with Gasteiger partial charge in [0.25, 0.3) is 0 Å². The summed E-state index contributed by atoms with van der Waals surface area (Å²) in [4.78, 5) is 2.51. The zero-order valence-corrected chi connectivity index (χ0v) is 8.92. The Balaban J connectivity index is 2.30. The molecular formula is C11H22N2. The van der Waals surface area contributed by atoms with Gasteiger partial charge in [0, 0.05) is 19.6 Å². The molecule has 1 rings (SSSR count). The predicted octanol–water partition coefficient (Wildman–Crippen LogP) is 1.62. The lowest BCUT2D eigenvalue weighted by Crippen LogP contribution is -2.40. The van der Waals surface area contributed by atoms with Gasteiger partial charge < -0.3 is 5.73 Å². The first kappa shape index (κ1) is 10.7. The Morgan fingerprint density at radius 3 is 2.77 bits per heavy atom. The van der Waals surface area contributed by atoms with Gasteiger partial charge in [0.15, 0.2) is 0 Å². The molecule has 0 aromatic rings. The second-order valence-corrected chi connectivity index (χ2v) is 4.71. The van der Waals surface area contributed by atoms with Crippen molar-refractivity contribution in [2.75, 3.05) is 26.2 Å². The Morgan fingerprint density at radius 2 is 2.15 bits per heavy atom. The molecule has 0 amide bonds. The van der Waals surface area contributed by atoms with Gasteiger partial charge in [0.2, 0.25) is 0 Å². The molecule has 1 aliphatic rings. The van der Waals surface area contributed by atoms with Crippen molar-refractivity contribution < 1.29 is 0 Å². The Kier molecular flexibility index (Phi) is 3.94. The first-order chi connectivity index (χ1) is 6.14. The molecule has 0 aromatic heterocycles. The topological polar surface area (TPSA) is 29.3 Å². The van der Waals surface area contributed by atoms with Crippen molar-refractivity contribution in [3.8, 4) is 0 Å². The molecule has 0 unspecified atom stereocenters. The van der Waals surface area contributed by atoms with Gasteiger partial charge in [-0.2, -0.15) is 0 Å². The molecule has 0 bridgehead atoms. The van der Waals surface area contributed by atoms with E-state index in [1.54, 1.807) is 0 Å². The van der Waals surface area contributed by atoms with Gasteiger partial charge in [0.1, 0.15) is 0 Å². The third kappa shape index (κ3) is 3.92. The van der Waals surface area contributed by atoms with Crippen LogP contribution in [0.1, 0.15) is 26.7 Å². The van der Waals surface area contributed by atoms with E-state index < -0.39 is 0 Å². The molecule has 0 radical (unpaired) electrons. The van der Waals surface area contributed by atoms with Gasteiger partial charge in [-0.05, 0) is 24.8 Å². The van der Waals surface area contributed by atoms with Crippen LogP contribution in [0.5, 0.6) is 0 Å². The van der Waals surface area contributed by atoms with Crippen LogP contribution in [0.25, 0.3) is 0 Å². The first-order valence-electron chi connectivity index (χ1n) is 5.21. The van der Waals surface area contributed by atoms with E-state index in [9.17, 15) is 0 Å². The fourth-order valence-corrected chi connectivity index (χ4v) is 2.02. The van der Waals surface area contributed by atoms with Crippen molar-refractivity contribution >= 4 is 0 Å². The number of hydrogen-bond donors (Lipinski definition) is 1. The molecule has 2 nitrogen and oxygen atoms in total. The fraction of sp³-hybridized carbons (Fsp3) is 0.818. The standard InChI is InChI=1S/C11H22N2/c1-11(2)6-5-9-13(10-11)8-4-3-7-12/h3-4H,5-10,12H2,1-2H3/b4-3+. The van der Waals surface area contributed by atoms with Crippen LogP contribution < -0.4 is 5.73 Å². The van der Waals surface area contributed by atoms with Gasteiger partial charge >= 0.3 is 0 Å². The zero-order chi connectivity index (χ0) is 9.73. The number of piperidine rings is 1. The van der Waals surface area contributed by atoms with E-state index in [1.165, 1.54) is 25.9 Å². The highest BCUT2D eigenvalue weighted by Crippen LogP contribution is 2.27. The number of nitrogens with zero attached hydrogens (tertiary/aromatic N) is 1. The number of likely N-dealkylation sites (tertiary alicyclic amines) is 1. The zero-order valence-electron chi connectivity index (χ0n) is 8.92. The quantitative estimate of drug-likeness (QED) is 0.672. The van der Waals surface area contributed by atoms with E-state index in [1.807, 2.05) is 6.08 Å². The summed E-state index contributed by atoms with van der Waals surface area (Å²) in [5, 5.41) is 0. The Morgan fingerprint density at radius 1 is 1.38 bits per heavy atom. The Bertz CT molecular complexity index is 173. The third-order valence-corrected chi connectivity index (χ3v) is 2.65. The summed E-state index contributed by atoms with van der Waals surface area (Å²) in [5.74, 6) is 0. The predicted molar refractivity (Wildman–Crippen MR) is 57.6 cm³/mol. The third-order valence-electron chi connectivity index (χ3n) is 2.65. The lowest BCUT2D eigenvalue weighted by molar-refractivity contribution is 0.129. The summed E-state index contributed by atoms with van der Waals surface area (Å²) in [6.45, 7) is 8.91. The maximum Gasteiger partial charge on any atom is 0.0163 e. The summed E-state index contributed by atoms with van der Waals surface area (Å²) < 4.78 is 0. The molecule has 1 saturated heterocycles. The molecule has 1 heterocycles. The van der Waals surface area contributed by atoms with E-state index in [4.69, 9.17) is 5.73 Å². The SMILES string of the molecule is CC1(C)CCCN(C/C=C/CN)C1. The molecule has 1 fully saturated rings. The molecule has 76 valence electrons. The minimum absolute atomic E-state index is 0.509. The summed E-state index contributed by atoms with van der Waals surface area (Å²) in [7, 11) is 0. The van der Waals surface area contributed by atoms with Crippen LogP contribution in [-0.2, 0) is 0 Å². The summed E-state index contributed by atoms with van der Waals surface area (Å²) in [6, 6.07) is 0. The maximum absolute atomic E-state index is 5.39. The molecule has 0 aliphatic carbocycles. The van der Waals surface area contributed by atoms with Gasteiger partial charge in [0.05, 0.1) is 0 Å². The highest BCUT2D eigenvalue weighted by Gasteiger charge is 2.25. The van der Waals surface area contributed by atoms with E-state index in [0.29, 0.717) is 12.0 Å². The largest absolute Gasteiger partial charge is 0.327 e. The highest BCUT2D eigenvalue weighted by atomic mass is 15.1. The van der Waals surface area contributed by atoms with E-state index in [0.717, 1.165) is 6.54 Å². The van der Waals surface area contributed by atoms with Crippen molar-refractivity contribution in [3.63, 3.8) is 0 Å². The van der Waals surface area contributed by atoms with Crippen molar-refractivity contribution in [1.29, 1.82) is 0 Å². The lowest BCUT2D eigenvalue weighted by Gasteiger charge is -2.37. The van der Waals surface area contributed by atoms with Crippen LogP contribution in [0.15, 0.2) is 12.2 Å². The number of rotatable bonds is 3. The second-order valence-electron chi connectivity index (χ2n) is 4.71. The van der Waals surface area contributed by atoms with Crippen LogP contribution in [0.4, 0.5) is 0 Å². The Hall–Kier alpha value is -0.340. The molecule has 0 aromatic carbocycles. The lowest BCUT2D eigenvalue weighted by atomic mass is 9.84. The number of nitrogens with two attached hydrogens (primary N) is 1. The molecule has 13 heavy (non-hydrogen) atoms. The van der Waals surface area contributed by atoms with Crippen LogP contribution in [0.2, 0.25) is 0 Å². The van der Waals surface area contributed by atoms with E-state index in [-0.39, 0.29) is 0 Å². The minimum Gasteiger partial charge on any atom is -0.327 e. The van der Waals surface area contributed by atoms with Gasteiger partial charge in [-0.1, -0.05) is 26.0 Å².